The Bertz CT molecular complexity index is 541. The lowest BCUT2D eigenvalue weighted by Crippen LogP contribution is -2.07. The second kappa shape index (κ2) is 4.32. The number of rotatable bonds is 3. The summed E-state index contributed by atoms with van der Waals surface area (Å²) < 4.78 is 15.1. The van der Waals surface area contributed by atoms with Crippen molar-refractivity contribution in [1.82, 2.24) is 4.98 Å². The van der Waals surface area contributed by atoms with E-state index < -0.39 is 5.97 Å². The number of nitrogen functional groups attached to an aromatic ring is 1. The topological polar surface area (TPSA) is 91.5 Å². The third-order valence-corrected chi connectivity index (χ3v) is 2.10. The molecule has 0 aliphatic carbocycles. The SMILES string of the molecule is CCOC(=O)c1nc(-c2coc(C)c2)oc1N. The van der Waals surface area contributed by atoms with Gasteiger partial charge in [-0.15, -0.1) is 0 Å². The zero-order valence-corrected chi connectivity index (χ0v) is 9.52. The van der Waals surface area contributed by atoms with Crippen LogP contribution in [0.2, 0.25) is 0 Å². The highest BCUT2D eigenvalue weighted by Crippen LogP contribution is 2.25. The number of aryl methyl sites for hydroxylation is 1. The number of nitrogens with two attached hydrogens (primary N) is 1. The fourth-order valence-corrected chi connectivity index (χ4v) is 1.36. The molecule has 0 aliphatic rings. The average molecular weight is 236 g/mol. The van der Waals surface area contributed by atoms with Gasteiger partial charge in [0.05, 0.1) is 12.2 Å². The lowest BCUT2D eigenvalue weighted by Gasteiger charge is -1.96. The zero-order chi connectivity index (χ0) is 12.4. The van der Waals surface area contributed by atoms with E-state index in [4.69, 9.17) is 19.3 Å². The number of hydrogen-bond donors (Lipinski definition) is 1. The number of oxazole rings is 1. The van der Waals surface area contributed by atoms with Crippen LogP contribution in [0.15, 0.2) is 21.2 Å². The van der Waals surface area contributed by atoms with Crippen molar-refractivity contribution in [3.63, 3.8) is 0 Å². The summed E-state index contributed by atoms with van der Waals surface area (Å²) in [6.45, 7) is 3.75. The van der Waals surface area contributed by atoms with Crippen molar-refractivity contribution in [2.75, 3.05) is 12.3 Å². The number of ether oxygens (including phenoxy) is 1. The molecule has 0 bridgehead atoms. The van der Waals surface area contributed by atoms with Gasteiger partial charge < -0.3 is 19.3 Å². The van der Waals surface area contributed by atoms with Crippen LogP contribution in [0.4, 0.5) is 5.88 Å². The highest BCUT2D eigenvalue weighted by molar-refractivity contribution is 5.92. The molecule has 0 spiro atoms. The molecule has 17 heavy (non-hydrogen) atoms. The summed E-state index contributed by atoms with van der Waals surface area (Å²) in [5, 5.41) is 0. The van der Waals surface area contributed by atoms with Gasteiger partial charge in [0.2, 0.25) is 17.5 Å². The van der Waals surface area contributed by atoms with Gasteiger partial charge in [-0.1, -0.05) is 0 Å². The summed E-state index contributed by atoms with van der Waals surface area (Å²) in [5.41, 5.74) is 6.17. The zero-order valence-electron chi connectivity index (χ0n) is 9.52. The maximum atomic E-state index is 11.5. The molecule has 6 nitrogen and oxygen atoms in total. The first kappa shape index (κ1) is 11.3. The van der Waals surface area contributed by atoms with Crippen LogP contribution in [0.25, 0.3) is 11.5 Å². The molecule has 0 fully saturated rings. The molecule has 2 heterocycles. The van der Waals surface area contributed by atoms with Gasteiger partial charge in [0.15, 0.2) is 0 Å². The van der Waals surface area contributed by atoms with Gasteiger partial charge in [-0.25, -0.2) is 4.79 Å². The first-order valence-electron chi connectivity index (χ1n) is 5.10. The van der Waals surface area contributed by atoms with Crippen molar-refractivity contribution >= 4 is 11.9 Å². The maximum absolute atomic E-state index is 11.5. The monoisotopic (exact) mass is 236 g/mol. The Balaban J connectivity index is 2.33. The molecule has 0 unspecified atom stereocenters. The summed E-state index contributed by atoms with van der Waals surface area (Å²) in [4.78, 5) is 15.5. The molecule has 2 aromatic heterocycles. The van der Waals surface area contributed by atoms with Crippen molar-refractivity contribution in [1.29, 1.82) is 0 Å². The van der Waals surface area contributed by atoms with Crippen molar-refractivity contribution in [3.8, 4) is 11.5 Å². The minimum Gasteiger partial charge on any atom is -0.469 e. The molecule has 0 saturated heterocycles. The van der Waals surface area contributed by atoms with Crippen LogP contribution in [0.3, 0.4) is 0 Å². The van der Waals surface area contributed by atoms with Crippen molar-refractivity contribution in [3.05, 3.63) is 23.8 Å². The van der Waals surface area contributed by atoms with E-state index in [0.29, 0.717) is 5.56 Å². The van der Waals surface area contributed by atoms with Gasteiger partial charge >= 0.3 is 5.97 Å². The molecule has 90 valence electrons. The second-order valence-electron chi connectivity index (χ2n) is 3.40. The summed E-state index contributed by atoms with van der Waals surface area (Å²) >= 11 is 0. The van der Waals surface area contributed by atoms with Crippen LogP contribution >= 0.6 is 0 Å². The normalized spacial score (nSPS) is 10.5. The molecule has 2 N–H and O–H groups in total. The first-order chi connectivity index (χ1) is 8.11. The number of carbonyl (C=O) groups is 1. The fraction of sp³-hybridized carbons (Fsp3) is 0.273. The number of hydrogen-bond acceptors (Lipinski definition) is 6. The van der Waals surface area contributed by atoms with Gasteiger partial charge in [0.1, 0.15) is 12.0 Å². The van der Waals surface area contributed by atoms with Gasteiger partial charge in [-0.3, -0.25) is 0 Å². The van der Waals surface area contributed by atoms with Gasteiger partial charge in [0.25, 0.3) is 0 Å². The molecule has 0 aliphatic heterocycles. The third kappa shape index (κ3) is 2.15. The predicted molar refractivity (Wildman–Crippen MR) is 59.3 cm³/mol. The molecule has 0 saturated carbocycles. The van der Waals surface area contributed by atoms with Crippen molar-refractivity contribution in [2.45, 2.75) is 13.8 Å². The Hall–Kier alpha value is -2.24. The van der Waals surface area contributed by atoms with E-state index in [9.17, 15) is 4.79 Å². The predicted octanol–water partition coefficient (Wildman–Crippen LogP) is 2.00. The largest absolute Gasteiger partial charge is 0.469 e. The summed E-state index contributed by atoms with van der Waals surface area (Å²) in [7, 11) is 0. The molecular weight excluding hydrogens is 224 g/mol. The van der Waals surface area contributed by atoms with Crippen molar-refractivity contribution in [2.24, 2.45) is 0 Å². The highest BCUT2D eigenvalue weighted by Gasteiger charge is 2.20. The lowest BCUT2D eigenvalue weighted by molar-refractivity contribution is 0.0521. The smallest absolute Gasteiger partial charge is 0.362 e. The Morgan fingerprint density at radius 3 is 2.94 bits per heavy atom. The number of furan rings is 1. The Morgan fingerprint density at radius 1 is 1.59 bits per heavy atom. The third-order valence-electron chi connectivity index (χ3n) is 2.10. The van der Waals surface area contributed by atoms with Gasteiger partial charge in [-0.2, -0.15) is 4.98 Å². The molecule has 2 rings (SSSR count). The molecule has 0 radical (unpaired) electrons. The standard InChI is InChI=1S/C11H12N2O4/c1-3-15-11(14)8-9(12)17-10(13-8)7-4-6(2)16-5-7/h4-5H,3,12H2,1-2H3. The van der Waals surface area contributed by atoms with E-state index in [2.05, 4.69) is 4.98 Å². The minimum absolute atomic E-state index is 0.0132. The molecule has 2 aromatic rings. The number of nitrogens with zero attached hydrogens (tertiary/aromatic N) is 1. The van der Waals surface area contributed by atoms with Crippen molar-refractivity contribution < 1.29 is 18.4 Å². The first-order valence-corrected chi connectivity index (χ1v) is 5.10. The van der Waals surface area contributed by atoms with Crippen LogP contribution in [-0.2, 0) is 4.74 Å². The molecule has 0 aromatic carbocycles. The summed E-state index contributed by atoms with van der Waals surface area (Å²) in [6.07, 6.45) is 1.48. The molecule has 0 atom stereocenters. The number of aromatic nitrogens is 1. The number of carbonyl (C=O) groups excluding carboxylic acids is 1. The van der Waals surface area contributed by atoms with E-state index in [1.165, 1.54) is 6.26 Å². The summed E-state index contributed by atoms with van der Waals surface area (Å²) in [5.74, 6) is 0.300. The van der Waals surface area contributed by atoms with E-state index >= 15 is 0 Å². The van der Waals surface area contributed by atoms with E-state index in [1.807, 2.05) is 0 Å². The van der Waals surface area contributed by atoms with Crippen LogP contribution in [0, 0.1) is 6.92 Å². The van der Waals surface area contributed by atoms with Crippen LogP contribution in [0.5, 0.6) is 0 Å². The van der Waals surface area contributed by atoms with E-state index in [-0.39, 0.29) is 24.1 Å². The minimum atomic E-state index is -0.597. The summed E-state index contributed by atoms with van der Waals surface area (Å²) in [6, 6.07) is 1.74. The second-order valence-corrected chi connectivity index (χ2v) is 3.40. The fourth-order valence-electron chi connectivity index (χ4n) is 1.36. The highest BCUT2D eigenvalue weighted by atomic mass is 16.5. The Labute approximate surface area is 97.4 Å². The van der Waals surface area contributed by atoms with Crippen LogP contribution < -0.4 is 5.73 Å². The molecule has 6 heteroatoms. The van der Waals surface area contributed by atoms with E-state index in [1.54, 1.807) is 19.9 Å². The van der Waals surface area contributed by atoms with Gasteiger partial charge in [0, 0.05) is 0 Å². The lowest BCUT2D eigenvalue weighted by atomic mass is 10.3. The molecule has 0 amide bonds. The molecular formula is C11H12N2O4. The van der Waals surface area contributed by atoms with Crippen LogP contribution in [0.1, 0.15) is 23.2 Å². The van der Waals surface area contributed by atoms with E-state index in [0.717, 1.165) is 5.76 Å². The van der Waals surface area contributed by atoms with Gasteiger partial charge in [-0.05, 0) is 19.9 Å². The Morgan fingerprint density at radius 2 is 2.35 bits per heavy atom. The van der Waals surface area contributed by atoms with Crippen LogP contribution in [-0.4, -0.2) is 17.6 Å². The quantitative estimate of drug-likeness (QED) is 0.819. The Kier molecular flexibility index (Phi) is 2.86. The average Bonchev–Trinajstić information content (AvgIpc) is 2.85. The maximum Gasteiger partial charge on any atom is 0.362 e. The number of esters is 1. The number of anilines is 1.